The van der Waals surface area contributed by atoms with Gasteiger partial charge in [-0.05, 0) is 48.7 Å². The first kappa shape index (κ1) is 19.3. The zero-order chi connectivity index (χ0) is 19.8. The van der Waals surface area contributed by atoms with E-state index >= 15 is 0 Å². The number of nitrogens with zero attached hydrogens (tertiary/aromatic N) is 3. The van der Waals surface area contributed by atoms with Crippen molar-refractivity contribution in [1.29, 1.82) is 0 Å². The van der Waals surface area contributed by atoms with E-state index in [4.69, 9.17) is 9.47 Å². The maximum Gasteiger partial charge on any atom is 0.271 e. The molecule has 0 atom stereocenters. The lowest BCUT2D eigenvalue weighted by Gasteiger charge is -2.16. The number of pyridine rings is 1. The zero-order valence-electron chi connectivity index (χ0n) is 15.6. The van der Waals surface area contributed by atoms with Gasteiger partial charge in [0.1, 0.15) is 0 Å². The fraction of sp³-hybridized carbons (Fsp3) is 0.300. The van der Waals surface area contributed by atoms with Crippen LogP contribution in [0.3, 0.4) is 0 Å². The highest BCUT2D eigenvalue weighted by atomic mass is 16.5. The lowest BCUT2D eigenvalue weighted by Crippen LogP contribution is -2.32. The van der Waals surface area contributed by atoms with E-state index in [9.17, 15) is 9.59 Å². The Morgan fingerprint density at radius 1 is 1.18 bits per heavy atom. The van der Waals surface area contributed by atoms with Crippen molar-refractivity contribution in [3.8, 4) is 11.5 Å². The Kier molecular flexibility index (Phi) is 6.56. The van der Waals surface area contributed by atoms with Crippen molar-refractivity contribution in [2.45, 2.75) is 12.8 Å². The lowest BCUT2D eigenvalue weighted by atomic mass is 10.2. The highest BCUT2D eigenvalue weighted by Crippen LogP contribution is 2.27. The Balaban J connectivity index is 1.57. The van der Waals surface area contributed by atoms with Crippen LogP contribution in [-0.4, -0.2) is 54.7 Å². The predicted molar refractivity (Wildman–Crippen MR) is 104 cm³/mol. The van der Waals surface area contributed by atoms with Crippen molar-refractivity contribution >= 4 is 18.0 Å². The Hall–Kier alpha value is -3.42. The molecule has 2 aromatic rings. The molecule has 0 unspecified atom stereocenters. The van der Waals surface area contributed by atoms with Gasteiger partial charge in [-0.2, -0.15) is 5.10 Å². The molecule has 1 aromatic carbocycles. The summed E-state index contributed by atoms with van der Waals surface area (Å²) in [6, 6.07) is 8.40. The minimum absolute atomic E-state index is 0.0220. The van der Waals surface area contributed by atoms with Crippen LogP contribution in [0.5, 0.6) is 11.5 Å². The molecule has 1 aliphatic heterocycles. The van der Waals surface area contributed by atoms with Crippen LogP contribution < -0.4 is 14.9 Å². The Morgan fingerprint density at radius 3 is 2.64 bits per heavy atom. The number of methoxy groups -OCH3 is 1. The van der Waals surface area contributed by atoms with E-state index in [2.05, 4.69) is 15.5 Å². The molecule has 28 heavy (non-hydrogen) atoms. The molecule has 0 radical (unpaired) electrons. The normalized spacial score (nSPS) is 13.5. The van der Waals surface area contributed by atoms with E-state index < -0.39 is 0 Å². The van der Waals surface area contributed by atoms with Crippen LogP contribution in [0.2, 0.25) is 0 Å². The van der Waals surface area contributed by atoms with Gasteiger partial charge in [-0.25, -0.2) is 5.43 Å². The van der Waals surface area contributed by atoms with Gasteiger partial charge in [0.05, 0.1) is 13.3 Å². The molecule has 0 bridgehead atoms. The average Bonchev–Trinajstić information content (AvgIpc) is 3.28. The molecular formula is C20H22N4O4. The molecule has 1 N–H and O–H groups in total. The molecule has 0 spiro atoms. The molecule has 146 valence electrons. The summed E-state index contributed by atoms with van der Waals surface area (Å²) in [6.07, 6.45) is 6.66. The number of amides is 2. The summed E-state index contributed by atoms with van der Waals surface area (Å²) in [6.45, 7) is 1.56. The van der Waals surface area contributed by atoms with Gasteiger partial charge in [-0.1, -0.05) is 0 Å². The van der Waals surface area contributed by atoms with Crippen molar-refractivity contribution in [3.63, 3.8) is 0 Å². The van der Waals surface area contributed by atoms with Gasteiger partial charge >= 0.3 is 0 Å². The summed E-state index contributed by atoms with van der Waals surface area (Å²) >= 11 is 0. The van der Waals surface area contributed by atoms with E-state index in [1.54, 1.807) is 35.2 Å². The smallest absolute Gasteiger partial charge is 0.271 e. The van der Waals surface area contributed by atoms with Crippen molar-refractivity contribution in [2.24, 2.45) is 5.10 Å². The van der Waals surface area contributed by atoms with Crippen molar-refractivity contribution in [2.75, 3.05) is 26.8 Å². The number of carbonyl (C=O) groups excluding carboxylic acids is 2. The Labute approximate surface area is 163 Å². The first-order chi connectivity index (χ1) is 13.7. The SMILES string of the molecule is COc1cc(/C=N\NC(=O)c2ccncc2)ccc1OCC(=O)N1CCCC1. The fourth-order valence-electron chi connectivity index (χ4n) is 2.81. The number of benzene rings is 1. The highest BCUT2D eigenvalue weighted by molar-refractivity contribution is 5.94. The number of aromatic nitrogens is 1. The molecule has 1 aliphatic rings. The maximum atomic E-state index is 12.1. The van der Waals surface area contributed by atoms with Crippen LogP contribution in [0.4, 0.5) is 0 Å². The quantitative estimate of drug-likeness (QED) is 0.583. The van der Waals surface area contributed by atoms with Gasteiger partial charge in [0, 0.05) is 31.0 Å². The van der Waals surface area contributed by atoms with Crippen molar-refractivity contribution in [1.82, 2.24) is 15.3 Å². The number of ether oxygens (including phenoxy) is 2. The maximum absolute atomic E-state index is 12.1. The van der Waals surface area contributed by atoms with Gasteiger partial charge in [0.15, 0.2) is 18.1 Å². The molecule has 1 aromatic heterocycles. The van der Waals surface area contributed by atoms with E-state index in [1.165, 1.54) is 25.7 Å². The minimum atomic E-state index is -0.328. The predicted octanol–water partition coefficient (Wildman–Crippen LogP) is 1.86. The summed E-state index contributed by atoms with van der Waals surface area (Å²) in [5, 5.41) is 3.95. The summed E-state index contributed by atoms with van der Waals surface area (Å²) < 4.78 is 11.0. The summed E-state index contributed by atoms with van der Waals surface area (Å²) in [5.74, 6) is 0.613. The molecule has 8 nitrogen and oxygen atoms in total. The van der Waals surface area contributed by atoms with E-state index in [0.29, 0.717) is 22.6 Å². The second-order valence-corrected chi connectivity index (χ2v) is 6.22. The molecule has 1 saturated heterocycles. The summed E-state index contributed by atoms with van der Waals surface area (Å²) in [7, 11) is 1.52. The minimum Gasteiger partial charge on any atom is -0.493 e. The van der Waals surface area contributed by atoms with E-state index in [1.807, 2.05) is 0 Å². The molecule has 3 rings (SSSR count). The van der Waals surface area contributed by atoms with Crippen molar-refractivity contribution < 1.29 is 19.1 Å². The third-order valence-corrected chi connectivity index (χ3v) is 4.32. The fourth-order valence-corrected chi connectivity index (χ4v) is 2.81. The highest BCUT2D eigenvalue weighted by Gasteiger charge is 2.18. The van der Waals surface area contributed by atoms with Crippen LogP contribution in [0.1, 0.15) is 28.8 Å². The van der Waals surface area contributed by atoms with Gasteiger partial charge in [0.2, 0.25) is 0 Å². The number of nitrogens with one attached hydrogen (secondary N) is 1. The monoisotopic (exact) mass is 382 g/mol. The number of likely N-dealkylation sites (tertiary alicyclic amines) is 1. The summed E-state index contributed by atoms with van der Waals surface area (Å²) in [4.78, 5) is 29.7. The molecule has 2 amide bonds. The van der Waals surface area contributed by atoms with Crippen LogP contribution in [0, 0.1) is 0 Å². The first-order valence-electron chi connectivity index (χ1n) is 8.99. The van der Waals surface area contributed by atoms with Gasteiger partial charge in [-0.15, -0.1) is 0 Å². The van der Waals surface area contributed by atoms with Gasteiger partial charge in [-0.3, -0.25) is 14.6 Å². The largest absolute Gasteiger partial charge is 0.493 e. The molecule has 0 saturated carbocycles. The number of hydrogen-bond donors (Lipinski definition) is 1. The van der Waals surface area contributed by atoms with Crippen LogP contribution in [0.15, 0.2) is 47.8 Å². The second kappa shape index (κ2) is 9.50. The Morgan fingerprint density at radius 2 is 1.93 bits per heavy atom. The van der Waals surface area contributed by atoms with E-state index in [0.717, 1.165) is 25.9 Å². The van der Waals surface area contributed by atoms with Crippen LogP contribution in [0.25, 0.3) is 0 Å². The third-order valence-electron chi connectivity index (χ3n) is 4.32. The molecule has 1 fully saturated rings. The number of hydrogen-bond acceptors (Lipinski definition) is 6. The number of carbonyl (C=O) groups is 2. The van der Waals surface area contributed by atoms with Crippen molar-refractivity contribution in [3.05, 3.63) is 53.9 Å². The average molecular weight is 382 g/mol. The number of rotatable bonds is 7. The second-order valence-electron chi connectivity index (χ2n) is 6.22. The summed E-state index contributed by atoms with van der Waals surface area (Å²) in [5.41, 5.74) is 3.63. The molecule has 8 heteroatoms. The number of hydrazone groups is 1. The zero-order valence-corrected chi connectivity index (χ0v) is 15.6. The first-order valence-corrected chi connectivity index (χ1v) is 8.99. The lowest BCUT2D eigenvalue weighted by molar-refractivity contribution is -0.132. The topological polar surface area (TPSA) is 93.1 Å². The van der Waals surface area contributed by atoms with E-state index in [-0.39, 0.29) is 18.4 Å². The van der Waals surface area contributed by atoms with Gasteiger partial charge < -0.3 is 14.4 Å². The molecular weight excluding hydrogens is 360 g/mol. The van der Waals surface area contributed by atoms with Crippen LogP contribution >= 0.6 is 0 Å². The van der Waals surface area contributed by atoms with Gasteiger partial charge in [0.25, 0.3) is 11.8 Å². The Bertz CT molecular complexity index is 849. The van der Waals surface area contributed by atoms with Crippen LogP contribution in [-0.2, 0) is 4.79 Å². The molecule has 2 heterocycles. The standard InChI is InChI=1S/C20H22N4O4/c1-27-18-12-15(13-22-23-20(26)16-6-8-21-9-7-16)4-5-17(18)28-14-19(25)24-10-2-3-11-24/h4-9,12-13H,2-3,10-11,14H2,1H3,(H,23,26)/b22-13-. The third kappa shape index (κ3) is 5.06. The molecule has 0 aliphatic carbocycles.